The minimum atomic E-state index is 0.0646. The number of hydrogen-bond donors (Lipinski definition) is 3. The van der Waals surface area contributed by atoms with E-state index in [-0.39, 0.29) is 6.61 Å². The molecule has 1 aromatic rings. The summed E-state index contributed by atoms with van der Waals surface area (Å²) in [5.41, 5.74) is 5.59. The lowest BCUT2D eigenvalue weighted by Crippen LogP contribution is -2.09. The standard InChI is InChI=1S/C10H18N4O2/c1-8-13-9(11)7-10(14-8)12-3-2-5-16-6-4-15/h7,15H,2-6H2,1H3,(H3,11,12,13,14). The first kappa shape index (κ1) is 12.7. The highest BCUT2D eigenvalue weighted by molar-refractivity contribution is 5.44. The Morgan fingerprint density at radius 1 is 1.44 bits per heavy atom. The van der Waals surface area contributed by atoms with Gasteiger partial charge in [0.25, 0.3) is 0 Å². The second-order valence-electron chi connectivity index (χ2n) is 3.34. The van der Waals surface area contributed by atoms with Crippen LogP contribution in [-0.2, 0) is 4.74 Å². The zero-order chi connectivity index (χ0) is 11.8. The Morgan fingerprint density at radius 2 is 2.25 bits per heavy atom. The van der Waals surface area contributed by atoms with Gasteiger partial charge in [-0.05, 0) is 13.3 Å². The number of aryl methyl sites for hydroxylation is 1. The van der Waals surface area contributed by atoms with Crippen molar-refractivity contribution in [3.8, 4) is 0 Å². The van der Waals surface area contributed by atoms with E-state index in [4.69, 9.17) is 15.6 Å². The maximum absolute atomic E-state index is 8.49. The van der Waals surface area contributed by atoms with Crippen LogP contribution >= 0.6 is 0 Å². The molecule has 1 heterocycles. The number of aliphatic hydroxyl groups excluding tert-OH is 1. The van der Waals surface area contributed by atoms with Crippen LogP contribution in [0.2, 0.25) is 0 Å². The van der Waals surface area contributed by atoms with Crippen LogP contribution in [0, 0.1) is 6.92 Å². The normalized spacial score (nSPS) is 10.4. The lowest BCUT2D eigenvalue weighted by Gasteiger charge is -2.07. The fourth-order valence-corrected chi connectivity index (χ4v) is 1.24. The Hall–Kier alpha value is -1.40. The number of nitrogens with one attached hydrogen (secondary N) is 1. The van der Waals surface area contributed by atoms with E-state index >= 15 is 0 Å². The first-order valence-electron chi connectivity index (χ1n) is 5.26. The number of nitrogens with two attached hydrogens (primary N) is 1. The number of aliphatic hydroxyl groups is 1. The Bertz CT molecular complexity index is 299. The minimum absolute atomic E-state index is 0.0646. The molecular weight excluding hydrogens is 208 g/mol. The maximum Gasteiger partial charge on any atom is 0.131 e. The predicted molar refractivity (Wildman–Crippen MR) is 62.2 cm³/mol. The molecule has 16 heavy (non-hydrogen) atoms. The fraction of sp³-hybridized carbons (Fsp3) is 0.600. The van der Waals surface area contributed by atoms with E-state index in [1.165, 1.54) is 0 Å². The molecule has 0 aliphatic heterocycles. The van der Waals surface area contributed by atoms with Crippen LogP contribution in [0.1, 0.15) is 12.2 Å². The van der Waals surface area contributed by atoms with Crippen molar-refractivity contribution in [1.29, 1.82) is 0 Å². The maximum atomic E-state index is 8.49. The second-order valence-corrected chi connectivity index (χ2v) is 3.34. The van der Waals surface area contributed by atoms with Crippen molar-refractivity contribution >= 4 is 11.6 Å². The van der Waals surface area contributed by atoms with E-state index in [2.05, 4.69) is 15.3 Å². The molecule has 0 saturated heterocycles. The fourth-order valence-electron chi connectivity index (χ4n) is 1.24. The number of ether oxygens (including phenoxy) is 1. The lowest BCUT2D eigenvalue weighted by molar-refractivity contribution is 0.0922. The predicted octanol–water partition coefficient (Wildman–Crippen LogP) is 0.178. The smallest absolute Gasteiger partial charge is 0.131 e. The van der Waals surface area contributed by atoms with Crippen LogP contribution in [0.3, 0.4) is 0 Å². The topological polar surface area (TPSA) is 93.3 Å². The molecule has 1 aromatic heterocycles. The quantitative estimate of drug-likeness (QED) is 0.574. The molecule has 6 heteroatoms. The lowest BCUT2D eigenvalue weighted by atomic mass is 10.4. The van der Waals surface area contributed by atoms with Gasteiger partial charge >= 0.3 is 0 Å². The molecule has 0 aliphatic rings. The van der Waals surface area contributed by atoms with Gasteiger partial charge in [0.1, 0.15) is 17.5 Å². The average Bonchev–Trinajstić information content (AvgIpc) is 2.22. The monoisotopic (exact) mass is 226 g/mol. The number of rotatable bonds is 7. The van der Waals surface area contributed by atoms with Gasteiger partial charge in [-0.2, -0.15) is 0 Å². The number of anilines is 2. The summed E-state index contributed by atoms with van der Waals surface area (Å²) in [6.07, 6.45) is 0.850. The van der Waals surface area contributed by atoms with Gasteiger partial charge < -0.3 is 20.9 Å². The molecule has 0 unspecified atom stereocenters. The van der Waals surface area contributed by atoms with Crippen LogP contribution in [0.4, 0.5) is 11.6 Å². The van der Waals surface area contributed by atoms with Gasteiger partial charge in [-0.25, -0.2) is 9.97 Å². The summed E-state index contributed by atoms with van der Waals surface area (Å²) in [7, 11) is 0. The molecule has 0 amide bonds. The molecule has 0 aromatic carbocycles. The van der Waals surface area contributed by atoms with E-state index in [9.17, 15) is 0 Å². The van der Waals surface area contributed by atoms with Crippen molar-refractivity contribution in [2.45, 2.75) is 13.3 Å². The van der Waals surface area contributed by atoms with Gasteiger partial charge in [0.2, 0.25) is 0 Å². The molecule has 4 N–H and O–H groups in total. The third-order valence-corrected chi connectivity index (χ3v) is 1.86. The zero-order valence-corrected chi connectivity index (χ0v) is 9.44. The van der Waals surface area contributed by atoms with Crippen LogP contribution in [0.15, 0.2) is 6.07 Å². The molecule has 0 atom stereocenters. The van der Waals surface area contributed by atoms with Crippen molar-refractivity contribution in [2.24, 2.45) is 0 Å². The van der Waals surface area contributed by atoms with E-state index < -0.39 is 0 Å². The van der Waals surface area contributed by atoms with Crippen LogP contribution in [0.5, 0.6) is 0 Å². The summed E-state index contributed by atoms with van der Waals surface area (Å²) < 4.78 is 5.12. The van der Waals surface area contributed by atoms with Gasteiger partial charge in [-0.1, -0.05) is 0 Å². The zero-order valence-electron chi connectivity index (χ0n) is 9.44. The highest BCUT2D eigenvalue weighted by Crippen LogP contribution is 2.07. The molecule has 0 saturated carbocycles. The van der Waals surface area contributed by atoms with E-state index in [0.29, 0.717) is 24.9 Å². The average molecular weight is 226 g/mol. The largest absolute Gasteiger partial charge is 0.394 e. The molecule has 90 valence electrons. The van der Waals surface area contributed by atoms with Crippen LogP contribution in [0.25, 0.3) is 0 Å². The first-order valence-corrected chi connectivity index (χ1v) is 5.26. The van der Waals surface area contributed by atoms with E-state index in [1.54, 1.807) is 13.0 Å². The SMILES string of the molecule is Cc1nc(N)cc(NCCCOCCO)n1. The molecule has 0 spiro atoms. The highest BCUT2D eigenvalue weighted by atomic mass is 16.5. The van der Waals surface area contributed by atoms with Crippen LogP contribution in [-0.4, -0.2) is 41.4 Å². The Labute approximate surface area is 94.9 Å². The molecular formula is C10H18N4O2. The highest BCUT2D eigenvalue weighted by Gasteiger charge is 1.98. The summed E-state index contributed by atoms with van der Waals surface area (Å²) in [4.78, 5) is 8.16. The van der Waals surface area contributed by atoms with Gasteiger partial charge in [-0.15, -0.1) is 0 Å². The number of hydrogen-bond acceptors (Lipinski definition) is 6. The molecule has 0 aliphatic carbocycles. The molecule has 1 rings (SSSR count). The molecule has 0 radical (unpaired) electrons. The third kappa shape index (κ3) is 4.90. The summed E-state index contributed by atoms with van der Waals surface area (Å²) >= 11 is 0. The van der Waals surface area contributed by atoms with Crippen molar-refractivity contribution in [3.63, 3.8) is 0 Å². The second kappa shape index (κ2) is 6.97. The number of nitrogen functional groups attached to an aromatic ring is 1. The Morgan fingerprint density at radius 3 is 2.94 bits per heavy atom. The summed E-state index contributed by atoms with van der Waals surface area (Å²) in [6.45, 7) is 3.62. The molecule has 0 bridgehead atoms. The Balaban J connectivity index is 2.21. The summed E-state index contributed by atoms with van der Waals surface area (Å²) in [6, 6.07) is 1.70. The van der Waals surface area contributed by atoms with Crippen molar-refractivity contribution < 1.29 is 9.84 Å². The van der Waals surface area contributed by atoms with Crippen molar-refractivity contribution in [2.75, 3.05) is 37.4 Å². The molecule has 0 fully saturated rings. The van der Waals surface area contributed by atoms with Gasteiger partial charge in [0.15, 0.2) is 0 Å². The van der Waals surface area contributed by atoms with Gasteiger partial charge in [-0.3, -0.25) is 0 Å². The van der Waals surface area contributed by atoms with Gasteiger partial charge in [0, 0.05) is 19.2 Å². The summed E-state index contributed by atoms with van der Waals surface area (Å²) in [5, 5.41) is 11.6. The van der Waals surface area contributed by atoms with Crippen LogP contribution < -0.4 is 11.1 Å². The van der Waals surface area contributed by atoms with Crippen molar-refractivity contribution in [3.05, 3.63) is 11.9 Å². The Kier molecular flexibility index (Phi) is 5.52. The molecule has 6 nitrogen and oxygen atoms in total. The third-order valence-electron chi connectivity index (χ3n) is 1.86. The van der Waals surface area contributed by atoms with E-state index in [0.717, 1.165) is 18.8 Å². The minimum Gasteiger partial charge on any atom is -0.394 e. The number of nitrogens with zero attached hydrogens (tertiary/aromatic N) is 2. The van der Waals surface area contributed by atoms with Crippen molar-refractivity contribution in [1.82, 2.24) is 9.97 Å². The first-order chi connectivity index (χ1) is 7.72. The van der Waals surface area contributed by atoms with E-state index in [1.807, 2.05) is 0 Å². The number of aromatic nitrogens is 2. The summed E-state index contributed by atoms with van der Waals surface area (Å²) in [5.74, 6) is 1.85. The van der Waals surface area contributed by atoms with Gasteiger partial charge in [0.05, 0.1) is 13.2 Å².